The number of oxazole rings is 1. The van der Waals surface area contributed by atoms with E-state index in [0.717, 1.165) is 22.9 Å². The molecule has 0 fully saturated rings. The molecule has 16 heavy (non-hydrogen) atoms. The molecule has 0 radical (unpaired) electrons. The number of nitrogens with zero attached hydrogens (tertiary/aromatic N) is 1. The number of benzene rings is 1. The Bertz CT molecular complexity index is 488. The Morgan fingerprint density at radius 3 is 2.81 bits per heavy atom. The van der Waals surface area contributed by atoms with Crippen molar-refractivity contribution in [3.05, 3.63) is 41.5 Å². The summed E-state index contributed by atoms with van der Waals surface area (Å²) < 4.78 is 5.56. The number of hydrogen-bond acceptors (Lipinski definition) is 3. The normalized spacial score (nSPS) is 10.7. The van der Waals surface area contributed by atoms with Crippen molar-refractivity contribution in [3.8, 4) is 11.3 Å². The maximum absolute atomic E-state index is 5.56. The fourth-order valence-corrected chi connectivity index (χ4v) is 1.74. The summed E-state index contributed by atoms with van der Waals surface area (Å²) in [6, 6.07) is 8.25. The highest BCUT2D eigenvalue weighted by atomic mass is 16.4. The van der Waals surface area contributed by atoms with Gasteiger partial charge < -0.3 is 10.2 Å². The van der Waals surface area contributed by atoms with Gasteiger partial charge in [-0.25, -0.2) is 4.98 Å². The second kappa shape index (κ2) is 4.49. The second-order valence-corrected chi connectivity index (χ2v) is 3.92. The summed E-state index contributed by atoms with van der Waals surface area (Å²) in [5.41, 5.74) is 8.73. The Labute approximate surface area is 95.3 Å². The molecule has 1 aromatic heterocycles. The predicted octanol–water partition coefficient (Wildman–Crippen LogP) is 2.46. The van der Waals surface area contributed by atoms with Crippen molar-refractivity contribution < 1.29 is 4.42 Å². The van der Waals surface area contributed by atoms with Crippen molar-refractivity contribution in [1.29, 1.82) is 0 Å². The Balaban J connectivity index is 2.40. The molecule has 0 aliphatic heterocycles. The van der Waals surface area contributed by atoms with Gasteiger partial charge in [-0.1, -0.05) is 23.8 Å². The molecular weight excluding hydrogens is 200 g/mol. The molecule has 0 bridgehead atoms. The molecule has 0 atom stereocenters. The topological polar surface area (TPSA) is 52.0 Å². The van der Waals surface area contributed by atoms with E-state index in [4.69, 9.17) is 10.2 Å². The van der Waals surface area contributed by atoms with Gasteiger partial charge in [0.05, 0.1) is 0 Å². The summed E-state index contributed by atoms with van der Waals surface area (Å²) in [6.07, 6.45) is 0.687. The number of aryl methyl sites for hydroxylation is 2. The van der Waals surface area contributed by atoms with E-state index in [0.29, 0.717) is 13.0 Å². The van der Waals surface area contributed by atoms with Gasteiger partial charge in [-0.15, -0.1) is 0 Å². The molecule has 3 nitrogen and oxygen atoms in total. The third-order valence-corrected chi connectivity index (χ3v) is 2.49. The first-order chi connectivity index (χ1) is 7.70. The number of hydrogen-bond donors (Lipinski definition) is 1. The minimum atomic E-state index is 0.563. The number of nitrogens with two attached hydrogens (primary N) is 1. The number of aromatic nitrogens is 1. The Hall–Kier alpha value is -1.61. The molecule has 84 valence electrons. The van der Waals surface area contributed by atoms with E-state index in [1.807, 2.05) is 19.1 Å². The summed E-state index contributed by atoms with van der Waals surface area (Å²) in [5, 5.41) is 0. The molecule has 0 saturated carbocycles. The third-order valence-electron chi connectivity index (χ3n) is 2.49. The molecule has 3 heteroatoms. The first kappa shape index (κ1) is 10.9. The fraction of sp³-hybridized carbons (Fsp3) is 0.308. The van der Waals surface area contributed by atoms with Crippen molar-refractivity contribution in [3.63, 3.8) is 0 Å². The third kappa shape index (κ3) is 2.14. The molecule has 2 rings (SSSR count). The van der Waals surface area contributed by atoms with Crippen molar-refractivity contribution in [2.45, 2.75) is 20.3 Å². The van der Waals surface area contributed by atoms with E-state index in [2.05, 4.69) is 24.0 Å². The summed E-state index contributed by atoms with van der Waals surface area (Å²) in [5.74, 6) is 1.57. The Morgan fingerprint density at radius 1 is 1.31 bits per heavy atom. The van der Waals surface area contributed by atoms with Crippen molar-refractivity contribution in [2.24, 2.45) is 5.73 Å². The van der Waals surface area contributed by atoms with Gasteiger partial charge in [-0.05, 0) is 19.9 Å². The lowest BCUT2D eigenvalue weighted by molar-refractivity contribution is 0.473. The molecule has 0 saturated heterocycles. The van der Waals surface area contributed by atoms with Gasteiger partial charge in [0, 0.05) is 18.5 Å². The zero-order valence-electron chi connectivity index (χ0n) is 9.66. The van der Waals surface area contributed by atoms with Gasteiger partial charge in [0.2, 0.25) is 0 Å². The maximum atomic E-state index is 5.56. The summed E-state index contributed by atoms with van der Waals surface area (Å²) in [4.78, 5) is 4.46. The quantitative estimate of drug-likeness (QED) is 0.857. The fourth-order valence-electron chi connectivity index (χ4n) is 1.74. The molecule has 2 N–H and O–H groups in total. The van der Waals surface area contributed by atoms with Crippen LogP contribution in [0.25, 0.3) is 11.3 Å². The van der Waals surface area contributed by atoms with Crippen LogP contribution in [-0.4, -0.2) is 11.5 Å². The van der Waals surface area contributed by atoms with Gasteiger partial charge in [-0.3, -0.25) is 0 Å². The SMILES string of the molecule is Cc1cccc(-c2nc(CCN)oc2C)c1. The van der Waals surface area contributed by atoms with Gasteiger partial charge in [0.25, 0.3) is 0 Å². The molecule has 2 aromatic rings. The van der Waals surface area contributed by atoms with Gasteiger partial charge in [0.15, 0.2) is 5.89 Å². The van der Waals surface area contributed by atoms with E-state index in [-0.39, 0.29) is 0 Å². The molecule has 0 aliphatic carbocycles. The molecule has 1 heterocycles. The van der Waals surface area contributed by atoms with Crippen LogP contribution < -0.4 is 5.73 Å². The highest BCUT2D eigenvalue weighted by Gasteiger charge is 2.10. The summed E-state index contributed by atoms with van der Waals surface area (Å²) in [6.45, 7) is 4.57. The van der Waals surface area contributed by atoms with Crippen LogP contribution in [-0.2, 0) is 6.42 Å². The second-order valence-electron chi connectivity index (χ2n) is 3.92. The number of rotatable bonds is 3. The van der Waals surface area contributed by atoms with Crippen molar-refractivity contribution >= 4 is 0 Å². The molecule has 0 amide bonds. The van der Waals surface area contributed by atoms with Gasteiger partial charge >= 0.3 is 0 Å². The highest BCUT2D eigenvalue weighted by Crippen LogP contribution is 2.24. The first-order valence-corrected chi connectivity index (χ1v) is 5.44. The smallest absolute Gasteiger partial charge is 0.196 e. The molecule has 0 spiro atoms. The van der Waals surface area contributed by atoms with E-state index in [9.17, 15) is 0 Å². The van der Waals surface area contributed by atoms with E-state index in [1.54, 1.807) is 0 Å². The van der Waals surface area contributed by atoms with E-state index >= 15 is 0 Å². The molecule has 1 aromatic carbocycles. The van der Waals surface area contributed by atoms with Crippen LogP contribution >= 0.6 is 0 Å². The van der Waals surface area contributed by atoms with Crippen LogP contribution in [0.5, 0.6) is 0 Å². The molecule has 0 aliphatic rings. The van der Waals surface area contributed by atoms with Crippen LogP contribution in [0, 0.1) is 13.8 Å². The average molecular weight is 216 g/mol. The highest BCUT2D eigenvalue weighted by molar-refractivity contribution is 5.61. The monoisotopic (exact) mass is 216 g/mol. The minimum absolute atomic E-state index is 0.563. The van der Waals surface area contributed by atoms with Crippen molar-refractivity contribution in [2.75, 3.05) is 6.54 Å². The van der Waals surface area contributed by atoms with Crippen LogP contribution in [0.15, 0.2) is 28.7 Å². The predicted molar refractivity (Wildman–Crippen MR) is 64.2 cm³/mol. The Morgan fingerprint density at radius 2 is 2.12 bits per heavy atom. The minimum Gasteiger partial charge on any atom is -0.445 e. The standard InChI is InChI=1S/C13H16N2O/c1-9-4-3-5-11(8-9)13-10(2)16-12(15-13)6-7-14/h3-5,8H,6-7,14H2,1-2H3. The molecular formula is C13H16N2O. The Kier molecular flexibility index (Phi) is 3.06. The maximum Gasteiger partial charge on any atom is 0.196 e. The van der Waals surface area contributed by atoms with Crippen LogP contribution in [0.4, 0.5) is 0 Å². The summed E-state index contributed by atoms with van der Waals surface area (Å²) in [7, 11) is 0. The van der Waals surface area contributed by atoms with Crippen LogP contribution in [0.3, 0.4) is 0 Å². The lowest BCUT2D eigenvalue weighted by Crippen LogP contribution is -2.02. The van der Waals surface area contributed by atoms with E-state index < -0.39 is 0 Å². The molecule has 0 unspecified atom stereocenters. The zero-order valence-corrected chi connectivity index (χ0v) is 9.66. The van der Waals surface area contributed by atoms with Gasteiger partial charge in [0.1, 0.15) is 11.5 Å². The first-order valence-electron chi connectivity index (χ1n) is 5.44. The van der Waals surface area contributed by atoms with Crippen molar-refractivity contribution in [1.82, 2.24) is 4.98 Å². The lowest BCUT2D eigenvalue weighted by Gasteiger charge is -1.98. The van der Waals surface area contributed by atoms with Crippen LogP contribution in [0.2, 0.25) is 0 Å². The zero-order chi connectivity index (χ0) is 11.5. The van der Waals surface area contributed by atoms with Gasteiger partial charge in [-0.2, -0.15) is 0 Å². The average Bonchev–Trinajstić information content (AvgIpc) is 2.60. The van der Waals surface area contributed by atoms with Crippen LogP contribution in [0.1, 0.15) is 17.2 Å². The lowest BCUT2D eigenvalue weighted by atomic mass is 10.1. The largest absolute Gasteiger partial charge is 0.445 e. The summed E-state index contributed by atoms with van der Waals surface area (Å²) >= 11 is 0. The van der Waals surface area contributed by atoms with E-state index in [1.165, 1.54) is 5.56 Å².